The lowest BCUT2D eigenvalue weighted by Gasteiger charge is -2.30. The molecule has 1 fully saturated rings. The third-order valence-corrected chi connectivity index (χ3v) is 3.22. The first-order chi connectivity index (χ1) is 7.86. The number of methoxy groups -OCH3 is 1. The molecule has 1 aliphatic carbocycles. The summed E-state index contributed by atoms with van der Waals surface area (Å²) in [5.74, 6) is -0.621. The molecule has 0 saturated heterocycles. The molecule has 0 bridgehead atoms. The summed E-state index contributed by atoms with van der Waals surface area (Å²) in [6.07, 6.45) is 3.49. The highest BCUT2D eigenvalue weighted by molar-refractivity contribution is 5.88. The van der Waals surface area contributed by atoms with Crippen molar-refractivity contribution >= 4 is 24.3 Å². The van der Waals surface area contributed by atoms with Crippen molar-refractivity contribution in [3.05, 3.63) is 0 Å². The van der Waals surface area contributed by atoms with E-state index in [0.717, 1.165) is 19.3 Å². The highest BCUT2D eigenvalue weighted by Gasteiger charge is 2.34. The summed E-state index contributed by atoms with van der Waals surface area (Å²) in [7, 11) is 1.31. The van der Waals surface area contributed by atoms with Crippen LogP contribution in [-0.4, -0.2) is 30.6 Å². The Morgan fingerprint density at radius 2 is 1.94 bits per heavy atom. The molecule has 106 valence electrons. The summed E-state index contributed by atoms with van der Waals surface area (Å²) in [5.41, 5.74) is 4.86. The number of esters is 1. The van der Waals surface area contributed by atoms with Gasteiger partial charge in [0, 0.05) is 12.0 Å². The number of amides is 1. The van der Waals surface area contributed by atoms with E-state index in [9.17, 15) is 9.59 Å². The summed E-state index contributed by atoms with van der Waals surface area (Å²) in [5, 5.41) is 2.73. The average molecular weight is 279 g/mol. The molecule has 0 aromatic heterocycles. The predicted octanol–water partition coefficient (Wildman–Crippen LogP) is 0.993. The van der Waals surface area contributed by atoms with Gasteiger partial charge in [0.1, 0.15) is 5.54 Å². The van der Waals surface area contributed by atoms with Gasteiger partial charge in [-0.15, -0.1) is 12.4 Å². The van der Waals surface area contributed by atoms with E-state index in [1.165, 1.54) is 7.11 Å². The molecule has 2 atom stereocenters. The highest BCUT2D eigenvalue weighted by Crippen LogP contribution is 2.24. The topological polar surface area (TPSA) is 81.4 Å². The van der Waals surface area contributed by atoms with Crippen LogP contribution in [0.25, 0.3) is 0 Å². The van der Waals surface area contributed by atoms with Crippen LogP contribution in [0.2, 0.25) is 0 Å². The summed E-state index contributed by atoms with van der Waals surface area (Å²) in [6.45, 7) is 3.28. The number of hydrogen-bond acceptors (Lipinski definition) is 4. The predicted molar refractivity (Wildman–Crippen MR) is 71.4 cm³/mol. The van der Waals surface area contributed by atoms with E-state index in [4.69, 9.17) is 5.73 Å². The van der Waals surface area contributed by atoms with Crippen molar-refractivity contribution < 1.29 is 14.3 Å². The number of nitrogens with one attached hydrogen (secondary N) is 1. The van der Waals surface area contributed by atoms with Crippen molar-refractivity contribution in [1.29, 1.82) is 0 Å². The van der Waals surface area contributed by atoms with Crippen LogP contribution in [0.4, 0.5) is 0 Å². The molecular formula is C12H23ClN2O3. The fraction of sp³-hybridized carbons (Fsp3) is 0.833. The van der Waals surface area contributed by atoms with E-state index >= 15 is 0 Å². The molecule has 3 N–H and O–H groups in total. The van der Waals surface area contributed by atoms with Crippen molar-refractivity contribution in [3.63, 3.8) is 0 Å². The lowest BCUT2D eigenvalue weighted by Crippen LogP contribution is -2.53. The minimum absolute atomic E-state index is 0. The Bertz CT molecular complexity index is 308. The molecule has 1 aliphatic rings. The standard InChI is InChI=1S/C12H22N2O3.ClH/c1-12(2,11(16)17-3)14-10(15)8-5-4-6-9(13)7-8;/h8-9H,4-7,13H2,1-3H3,(H,14,15);1H. The second kappa shape index (κ2) is 6.95. The summed E-state index contributed by atoms with van der Waals surface area (Å²) < 4.78 is 4.65. The maximum absolute atomic E-state index is 12.0. The van der Waals surface area contributed by atoms with Crippen molar-refractivity contribution in [3.8, 4) is 0 Å². The number of nitrogens with two attached hydrogens (primary N) is 1. The Balaban J connectivity index is 0.00000289. The zero-order chi connectivity index (χ0) is 13.1. The molecule has 0 aromatic rings. The maximum atomic E-state index is 12.0. The molecule has 1 saturated carbocycles. The molecule has 2 unspecified atom stereocenters. The van der Waals surface area contributed by atoms with Crippen LogP contribution < -0.4 is 11.1 Å². The molecule has 0 aliphatic heterocycles. The third kappa shape index (κ3) is 4.46. The largest absolute Gasteiger partial charge is 0.467 e. The fourth-order valence-corrected chi connectivity index (χ4v) is 2.18. The molecular weight excluding hydrogens is 256 g/mol. The fourth-order valence-electron chi connectivity index (χ4n) is 2.18. The lowest BCUT2D eigenvalue weighted by molar-refractivity contribution is -0.150. The van der Waals surface area contributed by atoms with Crippen LogP contribution in [0, 0.1) is 5.92 Å². The van der Waals surface area contributed by atoms with Gasteiger partial charge < -0.3 is 15.8 Å². The number of halogens is 1. The van der Waals surface area contributed by atoms with Crippen LogP contribution in [0.15, 0.2) is 0 Å². The van der Waals surface area contributed by atoms with E-state index in [-0.39, 0.29) is 30.3 Å². The second-order valence-electron chi connectivity index (χ2n) is 5.23. The van der Waals surface area contributed by atoms with Gasteiger partial charge in [-0.25, -0.2) is 4.79 Å². The third-order valence-electron chi connectivity index (χ3n) is 3.22. The first kappa shape index (κ1) is 17.2. The molecule has 0 radical (unpaired) electrons. The number of hydrogen-bond donors (Lipinski definition) is 2. The monoisotopic (exact) mass is 278 g/mol. The van der Waals surface area contributed by atoms with Crippen LogP contribution >= 0.6 is 12.4 Å². The number of carbonyl (C=O) groups excluding carboxylic acids is 2. The van der Waals surface area contributed by atoms with Crippen molar-refractivity contribution in [2.75, 3.05) is 7.11 Å². The Morgan fingerprint density at radius 1 is 1.33 bits per heavy atom. The van der Waals surface area contributed by atoms with Crippen LogP contribution in [0.1, 0.15) is 39.5 Å². The molecule has 0 spiro atoms. The number of rotatable bonds is 3. The smallest absolute Gasteiger partial charge is 0.330 e. The second-order valence-corrected chi connectivity index (χ2v) is 5.23. The Hall–Kier alpha value is -0.810. The van der Waals surface area contributed by atoms with Crippen LogP contribution in [0.5, 0.6) is 0 Å². The first-order valence-electron chi connectivity index (χ1n) is 6.03. The van der Waals surface area contributed by atoms with Gasteiger partial charge in [-0.3, -0.25) is 4.79 Å². The van der Waals surface area contributed by atoms with Gasteiger partial charge in [-0.1, -0.05) is 6.42 Å². The Labute approximate surface area is 114 Å². The average Bonchev–Trinajstić information content (AvgIpc) is 2.27. The van der Waals surface area contributed by atoms with Gasteiger partial charge in [0.15, 0.2) is 0 Å². The van der Waals surface area contributed by atoms with E-state index < -0.39 is 11.5 Å². The summed E-state index contributed by atoms with van der Waals surface area (Å²) in [4.78, 5) is 23.5. The van der Waals surface area contributed by atoms with Gasteiger partial charge in [0.25, 0.3) is 0 Å². The Morgan fingerprint density at radius 3 is 2.44 bits per heavy atom. The van der Waals surface area contributed by atoms with E-state index in [0.29, 0.717) is 6.42 Å². The lowest BCUT2D eigenvalue weighted by atomic mass is 9.85. The zero-order valence-electron chi connectivity index (χ0n) is 11.2. The molecule has 0 heterocycles. The van der Waals surface area contributed by atoms with Gasteiger partial charge in [-0.2, -0.15) is 0 Å². The summed E-state index contributed by atoms with van der Waals surface area (Å²) >= 11 is 0. The van der Waals surface area contributed by atoms with Gasteiger partial charge >= 0.3 is 5.97 Å². The maximum Gasteiger partial charge on any atom is 0.330 e. The first-order valence-corrected chi connectivity index (χ1v) is 6.03. The number of ether oxygens (including phenoxy) is 1. The molecule has 0 aromatic carbocycles. The number of carbonyl (C=O) groups is 2. The van der Waals surface area contributed by atoms with E-state index in [1.54, 1.807) is 13.8 Å². The van der Waals surface area contributed by atoms with Crippen molar-refractivity contribution in [1.82, 2.24) is 5.32 Å². The highest BCUT2D eigenvalue weighted by atomic mass is 35.5. The molecule has 18 heavy (non-hydrogen) atoms. The van der Waals surface area contributed by atoms with Gasteiger partial charge in [0.2, 0.25) is 5.91 Å². The van der Waals surface area contributed by atoms with E-state index in [1.807, 2.05) is 0 Å². The molecule has 1 rings (SSSR count). The molecule has 6 heteroatoms. The summed E-state index contributed by atoms with van der Waals surface area (Å²) in [6, 6.07) is 0.0979. The molecule has 1 amide bonds. The van der Waals surface area contributed by atoms with Gasteiger partial charge in [0.05, 0.1) is 7.11 Å². The SMILES string of the molecule is COC(=O)C(C)(C)NC(=O)C1CCCC(N)C1.Cl. The molecule has 5 nitrogen and oxygen atoms in total. The normalized spacial score (nSPS) is 23.8. The zero-order valence-corrected chi connectivity index (χ0v) is 12.0. The minimum Gasteiger partial charge on any atom is -0.467 e. The van der Waals surface area contributed by atoms with Crippen molar-refractivity contribution in [2.24, 2.45) is 11.7 Å². The van der Waals surface area contributed by atoms with E-state index in [2.05, 4.69) is 10.1 Å². The quantitative estimate of drug-likeness (QED) is 0.755. The van der Waals surface area contributed by atoms with Crippen molar-refractivity contribution in [2.45, 2.75) is 51.1 Å². The Kier molecular flexibility index (Phi) is 6.63. The van der Waals surface area contributed by atoms with Gasteiger partial charge in [-0.05, 0) is 33.1 Å². The minimum atomic E-state index is -0.979. The van der Waals surface area contributed by atoms with Crippen LogP contribution in [-0.2, 0) is 14.3 Å². The van der Waals surface area contributed by atoms with Crippen LogP contribution in [0.3, 0.4) is 0 Å².